The Labute approximate surface area is 100 Å². The van der Waals surface area contributed by atoms with E-state index < -0.39 is 5.54 Å². The largest absolute Gasteiger partial charge is 0.295 e. The fourth-order valence-corrected chi connectivity index (χ4v) is 1.84. The number of nitrogens with zero attached hydrogens (tertiary/aromatic N) is 3. The highest BCUT2D eigenvalue weighted by molar-refractivity contribution is 6.31. The van der Waals surface area contributed by atoms with Gasteiger partial charge in [0.05, 0.1) is 23.3 Å². The topological polar surface area (TPSA) is 53.6 Å². The van der Waals surface area contributed by atoms with Gasteiger partial charge in [-0.2, -0.15) is 10.4 Å². The van der Waals surface area contributed by atoms with Crippen LogP contribution in [0.1, 0.15) is 25.5 Å². The molecule has 1 fully saturated rings. The van der Waals surface area contributed by atoms with Crippen LogP contribution >= 0.6 is 11.6 Å². The summed E-state index contributed by atoms with van der Waals surface area (Å²) in [5.74, 6) is 0. The predicted molar refractivity (Wildman–Crippen MR) is 62.1 cm³/mol. The van der Waals surface area contributed by atoms with Crippen LogP contribution in [0.4, 0.5) is 0 Å². The molecule has 0 amide bonds. The molecule has 86 valence electrons. The zero-order chi connectivity index (χ0) is 11.8. The molecule has 1 atom stereocenters. The summed E-state index contributed by atoms with van der Waals surface area (Å²) in [6.07, 6.45) is 4.09. The third-order valence-electron chi connectivity index (χ3n) is 2.71. The van der Waals surface area contributed by atoms with E-state index in [1.165, 1.54) is 0 Å². The van der Waals surface area contributed by atoms with Crippen LogP contribution in [-0.4, -0.2) is 21.4 Å². The van der Waals surface area contributed by atoms with Crippen molar-refractivity contribution in [1.82, 2.24) is 15.1 Å². The maximum Gasteiger partial charge on any atom is 0.123 e. The maximum absolute atomic E-state index is 9.21. The smallest absolute Gasteiger partial charge is 0.123 e. The van der Waals surface area contributed by atoms with E-state index in [1.807, 2.05) is 13.8 Å². The fourth-order valence-electron chi connectivity index (χ4n) is 1.69. The first-order chi connectivity index (χ1) is 7.52. The van der Waals surface area contributed by atoms with Crippen LogP contribution in [0.25, 0.3) is 0 Å². The van der Waals surface area contributed by atoms with Gasteiger partial charge in [0, 0.05) is 12.2 Å². The predicted octanol–water partition coefficient (Wildman–Crippen LogP) is 1.88. The first-order valence-electron chi connectivity index (χ1n) is 5.41. The van der Waals surface area contributed by atoms with Crippen LogP contribution in [0.5, 0.6) is 0 Å². The average Bonchev–Trinajstić information content (AvgIpc) is 2.95. The van der Waals surface area contributed by atoms with Crippen LogP contribution in [0.15, 0.2) is 6.20 Å². The Hall–Kier alpha value is -1.05. The van der Waals surface area contributed by atoms with E-state index in [0.717, 1.165) is 18.5 Å². The molecular formula is C11H15ClN4. The van der Waals surface area contributed by atoms with Crippen LogP contribution in [0.3, 0.4) is 0 Å². The summed E-state index contributed by atoms with van der Waals surface area (Å²) in [5.41, 5.74) is 0.233. The molecule has 1 unspecified atom stereocenters. The number of nitriles is 1. The Morgan fingerprint density at radius 1 is 1.75 bits per heavy atom. The van der Waals surface area contributed by atoms with Crippen molar-refractivity contribution in [2.45, 2.75) is 44.8 Å². The molecule has 4 nitrogen and oxygen atoms in total. The number of hydrogen-bond donors (Lipinski definition) is 1. The van der Waals surface area contributed by atoms with Gasteiger partial charge in [0.15, 0.2) is 0 Å². The quantitative estimate of drug-likeness (QED) is 0.872. The highest BCUT2D eigenvalue weighted by Gasteiger charge is 2.33. The lowest BCUT2D eigenvalue weighted by atomic mass is 10.1. The van der Waals surface area contributed by atoms with Gasteiger partial charge in [-0.3, -0.25) is 10.00 Å². The number of hydrogen-bond acceptors (Lipinski definition) is 3. The van der Waals surface area contributed by atoms with Crippen molar-refractivity contribution in [1.29, 1.82) is 5.26 Å². The van der Waals surface area contributed by atoms with Crippen LogP contribution in [0.2, 0.25) is 5.02 Å². The molecule has 0 aromatic carbocycles. The van der Waals surface area contributed by atoms with Gasteiger partial charge in [-0.05, 0) is 26.7 Å². The Morgan fingerprint density at radius 3 is 2.88 bits per heavy atom. The molecule has 1 aliphatic rings. The molecule has 1 N–H and O–H groups in total. The molecule has 1 heterocycles. The van der Waals surface area contributed by atoms with E-state index in [2.05, 4.69) is 16.5 Å². The summed E-state index contributed by atoms with van der Waals surface area (Å²) in [4.78, 5) is 0. The third-order valence-corrected chi connectivity index (χ3v) is 3.08. The molecule has 0 saturated heterocycles. The van der Waals surface area contributed by atoms with Crippen LogP contribution in [0, 0.1) is 18.3 Å². The number of halogens is 1. The molecule has 0 radical (unpaired) electrons. The minimum atomic E-state index is -0.567. The molecule has 1 aromatic rings. The first kappa shape index (κ1) is 11.4. The van der Waals surface area contributed by atoms with Crippen molar-refractivity contribution < 1.29 is 0 Å². The highest BCUT2D eigenvalue weighted by Crippen LogP contribution is 2.23. The van der Waals surface area contributed by atoms with Crippen molar-refractivity contribution in [3.05, 3.63) is 16.9 Å². The summed E-state index contributed by atoms with van der Waals surface area (Å²) < 4.78 is 1.73. The van der Waals surface area contributed by atoms with Gasteiger partial charge in [0.2, 0.25) is 0 Å². The molecule has 1 saturated carbocycles. The highest BCUT2D eigenvalue weighted by atomic mass is 35.5. The van der Waals surface area contributed by atoms with Gasteiger partial charge >= 0.3 is 0 Å². The Bertz CT molecular complexity index is 410. The van der Waals surface area contributed by atoms with Gasteiger partial charge < -0.3 is 0 Å². The Morgan fingerprint density at radius 2 is 2.44 bits per heavy atom. The molecule has 1 aromatic heterocycles. The van der Waals surface area contributed by atoms with Gasteiger partial charge in [-0.25, -0.2) is 0 Å². The summed E-state index contributed by atoms with van der Waals surface area (Å²) in [6.45, 7) is 4.28. The van der Waals surface area contributed by atoms with E-state index in [0.29, 0.717) is 17.6 Å². The number of aromatic nitrogens is 2. The lowest BCUT2D eigenvalue weighted by Crippen LogP contribution is -2.46. The molecule has 0 aliphatic heterocycles. The standard InChI is InChI=1S/C11H15ClN4/c1-8-10(12)5-16(15-8)7-11(2,6-13)14-9-3-4-9/h5,9,14H,3-4,7H2,1-2H3. The number of rotatable bonds is 4. The number of nitrogens with one attached hydrogen (secondary N) is 1. The summed E-state index contributed by atoms with van der Waals surface area (Å²) in [5, 5.41) is 17.5. The van der Waals surface area contributed by atoms with E-state index in [-0.39, 0.29) is 0 Å². The van der Waals surface area contributed by atoms with E-state index in [4.69, 9.17) is 11.6 Å². The van der Waals surface area contributed by atoms with Crippen LogP contribution < -0.4 is 5.32 Å². The lowest BCUT2D eigenvalue weighted by molar-refractivity contribution is 0.366. The van der Waals surface area contributed by atoms with E-state index in [9.17, 15) is 5.26 Å². The van der Waals surface area contributed by atoms with Gasteiger partial charge in [0.25, 0.3) is 0 Å². The monoisotopic (exact) mass is 238 g/mol. The number of aryl methyl sites for hydroxylation is 1. The Kier molecular flexibility index (Phi) is 2.92. The molecular weight excluding hydrogens is 224 g/mol. The van der Waals surface area contributed by atoms with Gasteiger partial charge in [-0.15, -0.1) is 0 Å². The third kappa shape index (κ3) is 2.55. The average molecular weight is 239 g/mol. The molecule has 2 rings (SSSR count). The Balaban J connectivity index is 2.08. The minimum Gasteiger partial charge on any atom is -0.295 e. The van der Waals surface area contributed by atoms with Crippen molar-refractivity contribution in [3.63, 3.8) is 0 Å². The maximum atomic E-state index is 9.21. The van der Waals surface area contributed by atoms with Gasteiger partial charge in [0.1, 0.15) is 5.54 Å². The second-order valence-corrected chi connectivity index (χ2v) is 5.03. The van der Waals surface area contributed by atoms with Gasteiger partial charge in [-0.1, -0.05) is 11.6 Å². The normalized spacial score (nSPS) is 19.1. The zero-order valence-electron chi connectivity index (χ0n) is 9.50. The lowest BCUT2D eigenvalue weighted by Gasteiger charge is -2.22. The van der Waals surface area contributed by atoms with E-state index >= 15 is 0 Å². The summed E-state index contributed by atoms with van der Waals surface area (Å²) in [7, 11) is 0. The minimum absolute atomic E-state index is 0.497. The molecule has 16 heavy (non-hydrogen) atoms. The van der Waals surface area contributed by atoms with Crippen molar-refractivity contribution in [3.8, 4) is 6.07 Å². The SMILES string of the molecule is Cc1nn(CC(C)(C#N)NC2CC2)cc1Cl. The second kappa shape index (κ2) is 4.08. The zero-order valence-corrected chi connectivity index (χ0v) is 10.3. The summed E-state index contributed by atoms with van der Waals surface area (Å²) in [6, 6.07) is 2.81. The molecule has 5 heteroatoms. The van der Waals surface area contributed by atoms with Crippen molar-refractivity contribution >= 4 is 11.6 Å². The second-order valence-electron chi connectivity index (χ2n) is 4.62. The molecule has 1 aliphatic carbocycles. The van der Waals surface area contributed by atoms with E-state index in [1.54, 1.807) is 10.9 Å². The van der Waals surface area contributed by atoms with Crippen LogP contribution in [-0.2, 0) is 6.54 Å². The molecule has 0 spiro atoms. The fraction of sp³-hybridized carbons (Fsp3) is 0.636. The van der Waals surface area contributed by atoms with Crippen molar-refractivity contribution in [2.75, 3.05) is 0 Å². The first-order valence-corrected chi connectivity index (χ1v) is 5.79. The van der Waals surface area contributed by atoms with Crippen molar-refractivity contribution in [2.24, 2.45) is 0 Å². The summed E-state index contributed by atoms with van der Waals surface area (Å²) >= 11 is 5.93. The molecule has 0 bridgehead atoms.